The van der Waals surface area contributed by atoms with Crippen LogP contribution in [-0.2, 0) is 6.18 Å². The van der Waals surface area contributed by atoms with Gasteiger partial charge < -0.3 is 25.0 Å². The lowest BCUT2D eigenvalue weighted by molar-refractivity contribution is -0.137. The van der Waals surface area contributed by atoms with E-state index in [2.05, 4.69) is 20.6 Å². The molecule has 1 aromatic heterocycles. The molecule has 3 aromatic rings. The maximum absolute atomic E-state index is 13.5. The number of fused-ring (bicyclic) bond motifs is 1. The molecular formula is C25H24F3N5O3. The fourth-order valence-corrected chi connectivity index (χ4v) is 4.17. The lowest BCUT2D eigenvalue weighted by Gasteiger charge is -2.21. The topological polar surface area (TPSA) is 88.6 Å². The number of alkyl halides is 3. The molecule has 2 aliphatic rings. The Kier molecular flexibility index (Phi) is 6.29. The number of benzene rings is 2. The summed E-state index contributed by atoms with van der Waals surface area (Å²) in [6, 6.07) is 8.43. The first kappa shape index (κ1) is 23.7. The first-order valence-electron chi connectivity index (χ1n) is 11.6. The average Bonchev–Trinajstić information content (AvgIpc) is 3.40. The molecule has 0 spiro atoms. The van der Waals surface area contributed by atoms with E-state index in [9.17, 15) is 18.0 Å². The van der Waals surface area contributed by atoms with E-state index in [-0.39, 0.29) is 17.1 Å². The smallest absolute Gasteiger partial charge is 0.416 e. The number of amides is 1. The monoisotopic (exact) mass is 499 g/mol. The van der Waals surface area contributed by atoms with Crippen molar-refractivity contribution in [2.24, 2.45) is 0 Å². The number of ether oxygens (including phenoxy) is 2. The minimum Gasteiger partial charge on any atom is -0.483 e. The van der Waals surface area contributed by atoms with Crippen LogP contribution in [0.2, 0.25) is 0 Å². The third-order valence-electron chi connectivity index (χ3n) is 6.04. The Bertz CT molecular complexity index is 1290. The van der Waals surface area contributed by atoms with Gasteiger partial charge in [0.2, 0.25) is 5.75 Å². The van der Waals surface area contributed by atoms with Gasteiger partial charge in [-0.2, -0.15) is 18.2 Å². The molecule has 1 fully saturated rings. The Labute approximate surface area is 205 Å². The van der Waals surface area contributed by atoms with Gasteiger partial charge in [-0.05, 0) is 55.7 Å². The number of carbonyl (C=O) groups excluding carboxylic acids is 1. The molecule has 0 unspecified atom stereocenters. The number of rotatable bonds is 5. The normalized spacial score (nSPS) is 15.1. The largest absolute Gasteiger partial charge is 0.483 e. The zero-order valence-corrected chi connectivity index (χ0v) is 19.5. The van der Waals surface area contributed by atoms with Crippen LogP contribution in [0.25, 0.3) is 0 Å². The molecule has 0 radical (unpaired) electrons. The summed E-state index contributed by atoms with van der Waals surface area (Å²) in [5.74, 6) is 0.877. The van der Waals surface area contributed by atoms with Gasteiger partial charge in [-0.25, -0.2) is 4.98 Å². The Morgan fingerprint density at radius 1 is 1.14 bits per heavy atom. The van der Waals surface area contributed by atoms with Crippen molar-refractivity contribution in [3.05, 3.63) is 59.4 Å². The molecule has 1 saturated heterocycles. The molecule has 36 heavy (non-hydrogen) atoms. The first-order chi connectivity index (χ1) is 17.3. The molecule has 8 nitrogen and oxygen atoms in total. The number of aryl methyl sites for hydroxylation is 1. The van der Waals surface area contributed by atoms with Gasteiger partial charge in [0.05, 0.1) is 12.1 Å². The fraction of sp³-hybridized carbons (Fsp3) is 0.320. The quantitative estimate of drug-likeness (QED) is 0.496. The van der Waals surface area contributed by atoms with Crippen molar-refractivity contribution in [2.45, 2.75) is 25.9 Å². The van der Waals surface area contributed by atoms with Crippen LogP contribution in [0, 0.1) is 6.92 Å². The van der Waals surface area contributed by atoms with Crippen LogP contribution in [0.4, 0.5) is 30.4 Å². The van der Waals surface area contributed by atoms with E-state index in [0.29, 0.717) is 49.2 Å². The summed E-state index contributed by atoms with van der Waals surface area (Å²) >= 11 is 0. The molecule has 0 saturated carbocycles. The van der Waals surface area contributed by atoms with E-state index in [1.807, 2.05) is 4.90 Å². The van der Waals surface area contributed by atoms with Crippen LogP contribution in [0.15, 0.2) is 42.7 Å². The number of hydrogen-bond donors (Lipinski definition) is 2. The number of nitrogens with zero attached hydrogens (tertiary/aromatic N) is 3. The van der Waals surface area contributed by atoms with E-state index in [0.717, 1.165) is 30.5 Å². The molecule has 0 bridgehead atoms. The Morgan fingerprint density at radius 2 is 1.94 bits per heavy atom. The minimum absolute atomic E-state index is 0.0733. The third-order valence-corrected chi connectivity index (χ3v) is 6.04. The van der Waals surface area contributed by atoms with E-state index < -0.39 is 17.6 Å². The second-order valence-electron chi connectivity index (χ2n) is 8.63. The molecule has 188 valence electrons. The highest BCUT2D eigenvalue weighted by molar-refractivity contribution is 6.04. The second kappa shape index (κ2) is 9.56. The Balaban J connectivity index is 1.40. The molecule has 0 atom stereocenters. The molecule has 11 heteroatoms. The van der Waals surface area contributed by atoms with Gasteiger partial charge in [0, 0.05) is 30.0 Å². The van der Waals surface area contributed by atoms with Crippen LogP contribution >= 0.6 is 0 Å². The number of aromatic nitrogens is 2. The number of halogens is 3. The zero-order valence-electron chi connectivity index (χ0n) is 19.5. The van der Waals surface area contributed by atoms with Crippen molar-refractivity contribution < 1.29 is 27.4 Å². The Morgan fingerprint density at radius 3 is 2.72 bits per heavy atom. The zero-order chi connectivity index (χ0) is 25.3. The van der Waals surface area contributed by atoms with Gasteiger partial charge in [0.25, 0.3) is 11.8 Å². The first-order valence-corrected chi connectivity index (χ1v) is 11.6. The van der Waals surface area contributed by atoms with E-state index in [1.54, 1.807) is 25.1 Å². The summed E-state index contributed by atoms with van der Waals surface area (Å²) in [6.07, 6.45) is -1.36. The SMILES string of the molecule is Cc1ccc(C(=O)Nc2cc(N3CCCC3)cc(C(F)(F)F)c2)cc1Oc1ncnc2c1OCCN2. The maximum atomic E-state index is 13.5. The van der Waals surface area contributed by atoms with Gasteiger partial charge in [0.1, 0.15) is 18.7 Å². The number of carbonyl (C=O) groups is 1. The van der Waals surface area contributed by atoms with Gasteiger partial charge >= 0.3 is 6.18 Å². The van der Waals surface area contributed by atoms with Crippen molar-refractivity contribution in [1.29, 1.82) is 0 Å². The average molecular weight is 499 g/mol. The highest BCUT2D eigenvalue weighted by Gasteiger charge is 2.32. The molecule has 2 N–H and O–H groups in total. The van der Waals surface area contributed by atoms with Crippen molar-refractivity contribution in [1.82, 2.24) is 9.97 Å². The lowest BCUT2D eigenvalue weighted by Crippen LogP contribution is -2.20. The summed E-state index contributed by atoms with van der Waals surface area (Å²) in [5, 5.41) is 5.71. The maximum Gasteiger partial charge on any atom is 0.416 e. The number of anilines is 3. The second-order valence-corrected chi connectivity index (χ2v) is 8.63. The Hall–Kier alpha value is -4.02. The van der Waals surface area contributed by atoms with Crippen LogP contribution in [-0.4, -0.2) is 42.1 Å². The highest BCUT2D eigenvalue weighted by Crippen LogP contribution is 2.38. The highest BCUT2D eigenvalue weighted by atomic mass is 19.4. The predicted octanol–water partition coefficient (Wildman–Crippen LogP) is 5.25. The van der Waals surface area contributed by atoms with Crippen LogP contribution in [0.1, 0.15) is 34.3 Å². The van der Waals surface area contributed by atoms with Crippen molar-refractivity contribution >= 4 is 23.1 Å². The van der Waals surface area contributed by atoms with Crippen molar-refractivity contribution in [2.75, 3.05) is 41.8 Å². The summed E-state index contributed by atoms with van der Waals surface area (Å²) in [6.45, 7) is 4.19. The minimum atomic E-state index is -4.53. The molecule has 2 aromatic carbocycles. The predicted molar refractivity (Wildman–Crippen MR) is 128 cm³/mol. The summed E-state index contributed by atoms with van der Waals surface area (Å²) in [7, 11) is 0. The fourth-order valence-electron chi connectivity index (χ4n) is 4.17. The standard InChI is InChI=1S/C25H24F3N5O3/c1-15-4-5-16(10-20(15)36-24-21-22(30-14-31-24)29-6-9-35-21)23(34)32-18-11-17(25(26,27)28)12-19(13-18)33-7-2-3-8-33/h4-5,10-14H,2-3,6-9H2,1H3,(H,32,34)(H,29,30,31). The van der Waals surface area contributed by atoms with E-state index in [1.165, 1.54) is 12.4 Å². The van der Waals surface area contributed by atoms with Crippen LogP contribution in [0.3, 0.4) is 0 Å². The number of nitrogens with one attached hydrogen (secondary N) is 2. The molecular weight excluding hydrogens is 475 g/mol. The van der Waals surface area contributed by atoms with Gasteiger partial charge in [-0.3, -0.25) is 4.79 Å². The van der Waals surface area contributed by atoms with Gasteiger partial charge in [0.15, 0.2) is 5.82 Å². The van der Waals surface area contributed by atoms with Gasteiger partial charge in [-0.15, -0.1) is 0 Å². The van der Waals surface area contributed by atoms with Crippen LogP contribution < -0.4 is 25.0 Å². The summed E-state index contributed by atoms with van der Waals surface area (Å²) in [5.41, 5.74) is 0.657. The van der Waals surface area contributed by atoms with E-state index >= 15 is 0 Å². The van der Waals surface area contributed by atoms with Gasteiger partial charge in [-0.1, -0.05) is 6.07 Å². The lowest BCUT2D eigenvalue weighted by atomic mass is 10.1. The van der Waals surface area contributed by atoms with Crippen molar-refractivity contribution in [3.63, 3.8) is 0 Å². The number of hydrogen-bond acceptors (Lipinski definition) is 7. The molecule has 5 rings (SSSR count). The van der Waals surface area contributed by atoms with Crippen LogP contribution in [0.5, 0.6) is 17.4 Å². The molecule has 1 amide bonds. The van der Waals surface area contributed by atoms with Crippen molar-refractivity contribution in [3.8, 4) is 17.4 Å². The summed E-state index contributed by atoms with van der Waals surface area (Å²) < 4.78 is 52.2. The summed E-state index contributed by atoms with van der Waals surface area (Å²) in [4.78, 5) is 23.2. The molecule has 3 heterocycles. The third kappa shape index (κ3) is 5.00. The molecule has 2 aliphatic heterocycles. The molecule has 0 aliphatic carbocycles. The van der Waals surface area contributed by atoms with E-state index in [4.69, 9.17) is 9.47 Å².